The second-order valence-electron chi connectivity index (χ2n) is 6.53. The van der Waals surface area contributed by atoms with E-state index in [-0.39, 0.29) is 28.5 Å². The second kappa shape index (κ2) is 8.98. The minimum Gasteiger partial charge on any atom is -0.411 e. The molecule has 1 aliphatic carbocycles. The third-order valence-corrected chi connectivity index (χ3v) is 5.34. The fourth-order valence-corrected chi connectivity index (χ4v) is 3.60. The minimum atomic E-state index is -0.489. The van der Waals surface area contributed by atoms with Crippen LogP contribution in [0, 0.1) is 11.7 Å². The van der Waals surface area contributed by atoms with E-state index in [0.29, 0.717) is 5.92 Å². The van der Waals surface area contributed by atoms with Gasteiger partial charge in [-0.25, -0.2) is 9.18 Å². The second-order valence-corrected chi connectivity index (χ2v) is 7.46. The molecule has 7 nitrogen and oxygen atoms in total. The van der Waals surface area contributed by atoms with Crippen LogP contribution >= 0.6 is 11.8 Å². The van der Waals surface area contributed by atoms with Crippen LogP contribution in [0.25, 0.3) is 11.5 Å². The summed E-state index contributed by atoms with van der Waals surface area (Å²) in [5.74, 6) is -0.549. The molecule has 0 spiro atoms. The first-order valence-electron chi connectivity index (χ1n) is 8.84. The van der Waals surface area contributed by atoms with Crippen molar-refractivity contribution < 1.29 is 18.4 Å². The highest BCUT2D eigenvalue weighted by atomic mass is 32.2. The maximum atomic E-state index is 13.7. The van der Waals surface area contributed by atoms with Crippen LogP contribution in [0.3, 0.4) is 0 Å². The SMILES string of the molecule is C[C@@H]1CCCC[C@H]1NC(=O)NC(=O)CSc1nnc(-c2ccccc2F)o1. The van der Waals surface area contributed by atoms with Gasteiger partial charge in [-0.05, 0) is 30.9 Å². The van der Waals surface area contributed by atoms with E-state index in [4.69, 9.17) is 4.42 Å². The number of nitrogens with one attached hydrogen (secondary N) is 2. The number of imide groups is 1. The van der Waals surface area contributed by atoms with Crippen LogP contribution in [-0.2, 0) is 4.79 Å². The van der Waals surface area contributed by atoms with Gasteiger partial charge in [0.1, 0.15) is 5.82 Å². The van der Waals surface area contributed by atoms with Crippen molar-refractivity contribution in [2.45, 2.75) is 43.9 Å². The van der Waals surface area contributed by atoms with Gasteiger partial charge in [-0.1, -0.05) is 43.7 Å². The van der Waals surface area contributed by atoms with Crippen LogP contribution in [0.2, 0.25) is 0 Å². The molecule has 0 radical (unpaired) electrons. The van der Waals surface area contributed by atoms with Crippen LogP contribution in [0.1, 0.15) is 32.6 Å². The number of hydrogen-bond donors (Lipinski definition) is 2. The van der Waals surface area contributed by atoms with Crippen molar-refractivity contribution in [3.8, 4) is 11.5 Å². The molecule has 27 heavy (non-hydrogen) atoms. The first-order valence-corrected chi connectivity index (χ1v) is 9.83. The van der Waals surface area contributed by atoms with Crippen LogP contribution in [-0.4, -0.2) is 33.9 Å². The lowest BCUT2D eigenvalue weighted by Crippen LogP contribution is -2.48. The third-order valence-electron chi connectivity index (χ3n) is 4.52. The van der Waals surface area contributed by atoms with Crippen LogP contribution in [0.5, 0.6) is 0 Å². The normalized spacial score (nSPS) is 19.5. The summed E-state index contributed by atoms with van der Waals surface area (Å²) in [4.78, 5) is 23.9. The largest absolute Gasteiger partial charge is 0.411 e. The smallest absolute Gasteiger partial charge is 0.321 e. The van der Waals surface area contributed by atoms with Crippen molar-refractivity contribution in [1.29, 1.82) is 0 Å². The fourth-order valence-electron chi connectivity index (χ4n) is 3.04. The van der Waals surface area contributed by atoms with E-state index in [1.807, 2.05) is 0 Å². The van der Waals surface area contributed by atoms with Gasteiger partial charge in [0.25, 0.3) is 11.1 Å². The number of aromatic nitrogens is 2. The summed E-state index contributed by atoms with van der Waals surface area (Å²) in [7, 11) is 0. The number of nitrogens with zero attached hydrogens (tertiary/aromatic N) is 2. The molecule has 1 fully saturated rings. The van der Waals surface area contributed by atoms with E-state index in [2.05, 4.69) is 27.8 Å². The van der Waals surface area contributed by atoms with Gasteiger partial charge in [-0.3, -0.25) is 10.1 Å². The quantitative estimate of drug-likeness (QED) is 0.757. The van der Waals surface area contributed by atoms with Crippen molar-refractivity contribution in [3.05, 3.63) is 30.1 Å². The third kappa shape index (κ3) is 5.29. The highest BCUT2D eigenvalue weighted by Crippen LogP contribution is 2.25. The minimum absolute atomic E-state index is 0.0417. The van der Waals surface area contributed by atoms with Crippen LogP contribution < -0.4 is 10.6 Å². The Bertz CT molecular complexity index is 813. The molecule has 0 bridgehead atoms. The van der Waals surface area contributed by atoms with Crippen molar-refractivity contribution in [2.75, 3.05) is 5.75 Å². The highest BCUT2D eigenvalue weighted by molar-refractivity contribution is 7.99. The molecule has 1 heterocycles. The number of carbonyl (C=O) groups excluding carboxylic acids is 2. The summed E-state index contributed by atoms with van der Waals surface area (Å²) in [6, 6.07) is 5.66. The van der Waals surface area contributed by atoms with E-state index in [1.165, 1.54) is 18.6 Å². The van der Waals surface area contributed by atoms with E-state index in [9.17, 15) is 14.0 Å². The molecule has 1 saturated carbocycles. The Morgan fingerprint density at radius 3 is 2.81 bits per heavy atom. The first-order chi connectivity index (χ1) is 13.0. The maximum absolute atomic E-state index is 13.7. The van der Waals surface area contributed by atoms with E-state index in [0.717, 1.165) is 31.0 Å². The molecule has 0 unspecified atom stereocenters. The first kappa shape index (κ1) is 19.3. The molecule has 2 aromatic rings. The average molecular weight is 392 g/mol. The Morgan fingerprint density at radius 2 is 2.04 bits per heavy atom. The standard InChI is InChI=1S/C18H21FN4O3S/c1-11-6-2-5-9-14(11)20-17(25)21-15(24)10-27-18-23-22-16(26-18)12-7-3-4-8-13(12)19/h3-4,7-8,11,14H,2,5-6,9-10H2,1H3,(H2,20,21,24,25)/t11-,14-/m1/s1. The Kier molecular flexibility index (Phi) is 6.44. The van der Waals surface area contributed by atoms with Gasteiger partial charge in [-0.15, -0.1) is 10.2 Å². The Balaban J connectivity index is 1.47. The number of thioether (sulfide) groups is 1. The molecule has 2 N–H and O–H groups in total. The van der Waals surface area contributed by atoms with Gasteiger partial charge in [0, 0.05) is 6.04 Å². The molecule has 0 saturated heterocycles. The summed E-state index contributed by atoms with van der Waals surface area (Å²) < 4.78 is 19.1. The zero-order chi connectivity index (χ0) is 19.2. The van der Waals surface area contributed by atoms with Crippen molar-refractivity contribution in [1.82, 2.24) is 20.8 Å². The molecule has 1 aromatic heterocycles. The zero-order valence-corrected chi connectivity index (χ0v) is 15.7. The summed E-state index contributed by atoms with van der Waals surface area (Å²) in [5, 5.41) is 12.9. The van der Waals surface area contributed by atoms with Crippen molar-refractivity contribution in [2.24, 2.45) is 5.92 Å². The molecule has 2 atom stereocenters. The van der Waals surface area contributed by atoms with E-state index in [1.54, 1.807) is 12.1 Å². The van der Waals surface area contributed by atoms with Crippen molar-refractivity contribution in [3.63, 3.8) is 0 Å². The number of hydrogen-bond acceptors (Lipinski definition) is 6. The lowest BCUT2D eigenvalue weighted by Gasteiger charge is -2.29. The molecule has 1 aliphatic rings. The number of benzene rings is 1. The lowest BCUT2D eigenvalue weighted by atomic mass is 9.86. The molecule has 1 aromatic carbocycles. The molecule has 3 amide bonds. The van der Waals surface area contributed by atoms with Crippen molar-refractivity contribution >= 4 is 23.7 Å². The van der Waals surface area contributed by atoms with Gasteiger partial charge in [0.15, 0.2) is 0 Å². The fraction of sp³-hybridized carbons (Fsp3) is 0.444. The van der Waals surface area contributed by atoms with E-state index >= 15 is 0 Å². The lowest BCUT2D eigenvalue weighted by molar-refractivity contribution is -0.117. The molecule has 0 aliphatic heterocycles. The predicted molar refractivity (Wildman–Crippen MR) is 98.5 cm³/mol. The zero-order valence-electron chi connectivity index (χ0n) is 14.9. The van der Waals surface area contributed by atoms with Gasteiger partial charge in [0.2, 0.25) is 5.91 Å². The Hall–Kier alpha value is -2.42. The number of carbonyl (C=O) groups is 2. The maximum Gasteiger partial charge on any atom is 0.321 e. The van der Waals surface area contributed by atoms with E-state index < -0.39 is 17.8 Å². The Labute approximate surface area is 160 Å². The topological polar surface area (TPSA) is 97.1 Å². The summed E-state index contributed by atoms with van der Waals surface area (Å²) >= 11 is 0.984. The molecule has 144 valence electrons. The molecule has 3 rings (SSSR count). The molecule has 9 heteroatoms. The number of urea groups is 1. The monoisotopic (exact) mass is 392 g/mol. The van der Waals surface area contributed by atoms with Crippen LogP contribution in [0.15, 0.2) is 33.9 Å². The predicted octanol–water partition coefficient (Wildman–Crippen LogP) is 3.37. The van der Waals surface area contributed by atoms with Crippen LogP contribution in [0.4, 0.5) is 9.18 Å². The molecular weight excluding hydrogens is 371 g/mol. The summed E-state index contributed by atoms with van der Waals surface area (Å²) in [6.45, 7) is 2.10. The van der Waals surface area contributed by atoms with Gasteiger partial charge >= 0.3 is 6.03 Å². The summed E-state index contributed by atoms with van der Waals surface area (Å²) in [5.41, 5.74) is 0.197. The number of halogens is 1. The Morgan fingerprint density at radius 1 is 1.26 bits per heavy atom. The van der Waals surface area contributed by atoms with Gasteiger partial charge < -0.3 is 9.73 Å². The van der Waals surface area contributed by atoms with Gasteiger partial charge in [0.05, 0.1) is 11.3 Å². The summed E-state index contributed by atoms with van der Waals surface area (Å²) in [6.07, 6.45) is 4.27. The average Bonchev–Trinajstić information content (AvgIpc) is 3.11. The molecular formula is C18H21FN4O3S. The number of rotatable bonds is 5. The number of amides is 3. The van der Waals surface area contributed by atoms with Gasteiger partial charge in [-0.2, -0.15) is 0 Å². The highest BCUT2D eigenvalue weighted by Gasteiger charge is 2.23.